The van der Waals surface area contributed by atoms with Crippen LogP contribution in [0.5, 0.6) is 5.75 Å². The minimum Gasteiger partial charge on any atom is -0.465 e. The van der Waals surface area contributed by atoms with Gasteiger partial charge in [0.25, 0.3) is 0 Å². The Hall–Kier alpha value is -3.34. The number of rotatable bonds is 4. The van der Waals surface area contributed by atoms with Gasteiger partial charge in [-0.25, -0.2) is 9.59 Å². The fourth-order valence-electron chi connectivity index (χ4n) is 2.43. The molecule has 0 aliphatic carbocycles. The average molecular weight is 336 g/mol. The van der Waals surface area contributed by atoms with Crippen LogP contribution in [0.25, 0.3) is 16.8 Å². The number of methoxy groups -OCH3 is 1. The first-order valence-electron chi connectivity index (χ1n) is 7.64. The summed E-state index contributed by atoms with van der Waals surface area (Å²) in [6, 6.07) is 14.7. The normalized spacial score (nSPS) is 11.0. The molecule has 5 heteroatoms. The van der Waals surface area contributed by atoms with E-state index in [0.717, 1.165) is 10.8 Å². The van der Waals surface area contributed by atoms with Crippen LogP contribution < -0.4 is 4.74 Å². The lowest BCUT2D eigenvalue weighted by Gasteiger charge is -2.03. The zero-order valence-electron chi connectivity index (χ0n) is 13.8. The van der Waals surface area contributed by atoms with Gasteiger partial charge < -0.3 is 13.9 Å². The molecule has 5 nitrogen and oxygen atoms in total. The smallest absolute Gasteiger partial charge is 0.341 e. The Morgan fingerprint density at radius 2 is 1.80 bits per heavy atom. The lowest BCUT2D eigenvalue weighted by Crippen LogP contribution is -2.03. The first-order valence-corrected chi connectivity index (χ1v) is 7.64. The molecule has 0 atom stereocenters. The van der Waals surface area contributed by atoms with E-state index in [9.17, 15) is 9.59 Å². The van der Waals surface area contributed by atoms with Crippen LogP contribution >= 0.6 is 0 Å². The van der Waals surface area contributed by atoms with Gasteiger partial charge in [-0.3, -0.25) is 0 Å². The van der Waals surface area contributed by atoms with E-state index in [4.69, 9.17) is 9.15 Å². The summed E-state index contributed by atoms with van der Waals surface area (Å²) in [5, 5.41) is 2.06. The van der Waals surface area contributed by atoms with Gasteiger partial charge in [0.05, 0.1) is 7.11 Å². The second kappa shape index (κ2) is 7.05. The van der Waals surface area contributed by atoms with E-state index < -0.39 is 11.9 Å². The second-order valence-electron chi connectivity index (χ2n) is 5.37. The minimum atomic E-state index is -0.538. The Balaban J connectivity index is 1.71. The molecular weight excluding hydrogens is 320 g/mol. The van der Waals surface area contributed by atoms with E-state index in [1.165, 1.54) is 25.3 Å². The Kier molecular flexibility index (Phi) is 4.66. The van der Waals surface area contributed by atoms with Gasteiger partial charge in [-0.15, -0.1) is 0 Å². The predicted molar refractivity (Wildman–Crippen MR) is 93.4 cm³/mol. The van der Waals surface area contributed by atoms with Crippen molar-refractivity contribution in [2.24, 2.45) is 0 Å². The molecule has 0 radical (unpaired) electrons. The van der Waals surface area contributed by atoms with Crippen molar-refractivity contribution in [3.63, 3.8) is 0 Å². The Labute approximate surface area is 144 Å². The number of aryl methyl sites for hydroxylation is 1. The molecule has 126 valence electrons. The maximum absolute atomic E-state index is 12.0. The average Bonchev–Trinajstić information content (AvgIpc) is 3.00. The number of carbonyl (C=O) groups excluding carboxylic acids is 2. The Morgan fingerprint density at radius 1 is 1.04 bits per heavy atom. The first kappa shape index (κ1) is 16.5. The first-order chi connectivity index (χ1) is 12.1. The van der Waals surface area contributed by atoms with Crippen LogP contribution in [0.15, 0.2) is 59.0 Å². The van der Waals surface area contributed by atoms with E-state index in [2.05, 4.69) is 4.74 Å². The van der Waals surface area contributed by atoms with Gasteiger partial charge in [-0.05, 0) is 42.0 Å². The van der Waals surface area contributed by atoms with Gasteiger partial charge in [0, 0.05) is 6.08 Å². The molecule has 0 bridgehead atoms. The Bertz CT molecular complexity index is 965. The van der Waals surface area contributed by atoms with Gasteiger partial charge in [0.1, 0.15) is 22.8 Å². The van der Waals surface area contributed by atoms with E-state index in [-0.39, 0.29) is 0 Å². The van der Waals surface area contributed by atoms with Crippen LogP contribution in [0.3, 0.4) is 0 Å². The van der Waals surface area contributed by atoms with Gasteiger partial charge >= 0.3 is 11.9 Å². The SMILES string of the molecule is COC(=O)c1cc(/C=C/C(=O)Oc2ccc3ccccc3c2)oc1C. The zero-order valence-corrected chi connectivity index (χ0v) is 13.8. The molecule has 25 heavy (non-hydrogen) atoms. The second-order valence-corrected chi connectivity index (χ2v) is 5.37. The van der Waals surface area contributed by atoms with Crippen molar-refractivity contribution in [1.29, 1.82) is 0 Å². The number of benzene rings is 2. The molecule has 0 aliphatic rings. The predicted octanol–water partition coefficient (Wildman–Crippen LogP) is 4.15. The topological polar surface area (TPSA) is 65.7 Å². The minimum absolute atomic E-state index is 0.324. The van der Waals surface area contributed by atoms with Crippen LogP contribution in [0.4, 0.5) is 0 Å². The van der Waals surface area contributed by atoms with Crippen LogP contribution in [-0.2, 0) is 9.53 Å². The third-order valence-electron chi connectivity index (χ3n) is 3.67. The summed E-state index contributed by atoms with van der Waals surface area (Å²) in [7, 11) is 1.30. The van der Waals surface area contributed by atoms with Crippen LogP contribution in [0.2, 0.25) is 0 Å². The molecule has 3 aromatic rings. The van der Waals surface area contributed by atoms with Crippen LogP contribution in [0, 0.1) is 6.92 Å². The number of fused-ring (bicyclic) bond motifs is 1. The molecule has 0 amide bonds. The molecule has 0 saturated carbocycles. The summed E-state index contributed by atoms with van der Waals surface area (Å²) in [6.07, 6.45) is 2.69. The summed E-state index contributed by atoms with van der Waals surface area (Å²) in [5.74, 6) is 0.227. The lowest BCUT2D eigenvalue weighted by atomic mass is 10.1. The molecular formula is C20H16O5. The van der Waals surface area contributed by atoms with Gasteiger partial charge in [0.15, 0.2) is 0 Å². The van der Waals surface area contributed by atoms with E-state index in [1.54, 1.807) is 19.1 Å². The molecule has 0 aliphatic heterocycles. The number of hydrogen-bond acceptors (Lipinski definition) is 5. The maximum atomic E-state index is 12.0. The summed E-state index contributed by atoms with van der Waals surface area (Å²) < 4.78 is 15.3. The lowest BCUT2D eigenvalue weighted by molar-refractivity contribution is -0.128. The zero-order chi connectivity index (χ0) is 17.8. The number of carbonyl (C=O) groups is 2. The highest BCUT2D eigenvalue weighted by Gasteiger charge is 2.14. The molecule has 3 rings (SSSR count). The highest BCUT2D eigenvalue weighted by molar-refractivity contribution is 5.92. The van der Waals surface area contributed by atoms with Gasteiger partial charge in [-0.1, -0.05) is 30.3 Å². The van der Waals surface area contributed by atoms with Crippen LogP contribution in [-0.4, -0.2) is 19.0 Å². The van der Waals surface area contributed by atoms with Crippen molar-refractivity contribution in [1.82, 2.24) is 0 Å². The van der Waals surface area contributed by atoms with E-state index in [0.29, 0.717) is 22.8 Å². The highest BCUT2D eigenvalue weighted by Crippen LogP contribution is 2.21. The monoisotopic (exact) mass is 336 g/mol. The molecule has 0 unspecified atom stereocenters. The van der Waals surface area contributed by atoms with Crippen molar-refractivity contribution in [2.45, 2.75) is 6.92 Å². The molecule has 0 saturated heterocycles. The quantitative estimate of drug-likeness (QED) is 0.407. The Morgan fingerprint density at radius 3 is 2.56 bits per heavy atom. The van der Waals surface area contributed by atoms with Crippen molar-refractivity contribution in [2.75, 3.05) is 7.11 Å². The fourth-order valence-corrected chi connectivity index (χ4v) is 2.43. The van der Waals surface area contributed by atoms with Crippen molar-refractivity contribution in [3.8, 4) is 5.75 Å². The molecule has 0 spiro atoms. The van der Waals surface area contributed by atoms with Gasteiger partial charge in [-0.2, -0.15) is 0 Å². The number of hydrogen-bond donors (Lipinski definition) is 0. The highest BCUT2D eigenvalue weighted by atomic mass is 16.5. The van der Waals surface area contributed by atoms with Crippen molar-refractivity contribution >= 4 is 28.8 Å². The van der Waals surface area contributed by atoms with Crippen LogP contribution in [0.1, 0.15) is 21.9 Å². The molecule has 0 fully saturated rings. The molecule has 1 aromatic heterocycles. The summed E-state index contributed by atoms with van der Waals surface area (Å²) in [6.45, 7) is 1.65. The summed E-state index contributed by atoms with van der Waals surface area (Å²) >= 11 is 0. The maximum Gasteiger partial charge on any atom is 0.341 e. The van der Waals surface area contributed by atoms with E-state index in [1.807, 2.05) is 30.3 Å². The third kappa shape index (κ3) is 3.77. The largest absolute Gasteiger partial charge is 0.465 e. The number of esters is 2. The summed E-state index contributed by atoms with van der Waals surface area (Å²) in [5.41, 5.74) is 0.324. The summed E-state index contributed by atoms with van der Waals surface area (Å²) in [4.78, 5) is 23.5. The molecule has 1 heterocycles. The molecule has 0 N–H and O–H groups in total. The van der Waals surface area contributed by atoms with Crippen molar-refractivity contribution < 1.29 is 23.5 Å². The molecule has 2 aromatic carbocycles. The fraction of sp³-hybridized carbons (Fsp3) is 0.100. The third-order valence-corrected chi connectivity index (χ3v) is 3.67. The standard InChI is InChI=1S/C20H16O5/c1-13-18(20(22)23-2)12-17(24-13)9-10-19(21)25-16-8-7-14-5-3-4-6-15(14)11-16/h3-12H,1-2H3/b10-9+. The van der Waals surface area contributed by atoms with Gasteiger partial charge in [0.2, 0.25) is 0 Å². The van der Waals surface area contributed by atoms with Crippen molar-refractivity contribution in [3.05, 3.63) is 71.7 Å². The number of ether oxygens (including phenoxy) is 2. The number of furan rings is 1. The van der Waals surface area contributed by atoms with E-state index >= 15 is 0 Å².